The van der Waals surface area contributed by atoms with Crippen LogP contribution in [-0.4, -0.2) is 0 Å². The molecule has 0 saturated heterocycles. The average Bonchev–Trinajstić information content (AvgIpc) is 1.50. The summed E-state index contributed by atoms with van der Waals surface area (Å²) in [4.78, 5) is 0. The minimum absolute atomic E-state index is 0. The van der Waals surface area contributed by atoms with Crippen LogP contribution in [0.5, 0.6) is 0 Å². The van der Waals surface area contributed by atoms with E-state index in [4.69, 9.17) is 0 Å². The largest absolute Gasteiger partial charge is 0.358 e. The van der Waals surface area contributed by atoms with Crippen molar-refractivity contribution in [2.75, 3.05) is 0 Å². The molecule has 92 valence electrons. The maximum absolute atomic E-state index is 3.89. The summed E-state index contributed by atoms with van der Waals surface area (Å²) in [7, 11) is 5.11. The van der Waals surface area contributed by atoms with Crippen molar-refractivity contribution in [1.82, 2.24) is 0 Å². The maximum atomic E-state index is 3.89. The second-order valence-electron chi connectivity index (χ2n) is 0. The van der Waals surface area contributed by atoms with Crippen molar-refractivity contribution in [2.45, 2.75) is 14.9 Å². The molecule has 0 N–H and O–H groups in total. The van der Waals surface area contributed by atoms with Gasteiger partial charge in [-0.25, -0.2) is 0 Å². The molecular formula is C4H22P4S2V4-2. The molecule has 2 unspecified atom stereocenters. The molecule has 0 aromatic rings. The van der Waals surface area contributed by atoms with Crippen molar-refractivity contribution in [3.05, 3.63) is 14.9 Å². The van der Waals surface area contributed by atoms with E-state index in [2.05, 4.69) is 39.6 Å². The van der Waals surface area contributed by atoms with Crippen molar-refractivity contribution in [3.63, 3.8) is 0 Å². The SMILES string of the molecule is C.C.P.P.P=S.P=S.[CH3-].[CH3-].[V].[V].[V].[V]. The van der Waals surface area contributed by atoms with Gasteiger partial charge in [0.05, 0.1) is 0 Å². The third-order valence-electron chi connectivity index (χ3n) is 0. The molecule has 0 fully saturated rings. The van der Waals surface area contributed by atoms with Gasteiger partial charge < -0.3 is 14.9 Å². The van der Waals surface area contributed by atoms with E-state index in [1.54, 1.807) is 0 Å². The Morgan fingerprint density at radius 1 is 0.500 bits per heavy atom. The molecule has 0 aromatic heterocycles. The number of hydrogen-bond acceptors (Lipinski definition) is 2. The van der Waals surface area contributed by atoms with Crippen molar-refractivity contribution in [2.24, 2.45) is 0 Å². The molecule has 2 atom stereocenters. The summed E-state index contributed by atoms with van der Waals surface area (Å²) in [5.41, 5.74) is 0. The second-order valence-corrected chi connectivity index (χ2v) is 0. The smallest absolute Gasteiger partial charge is 0 e. The summed E-state index contributed by atoms with van der Waals surface area (Å²) in [6.45, 7) is 0. The van der Waals surface area contributed by atoms with Gasteiger partial charge in [0.15, 0.2) is 0 Å². The van der Waals surface area contributed by atoms with Gasteiger partial charge in [-0.15, -0.1) is 0 Å². The first-order valence-electron chi connectivity index (χ1n) is 0.408. The second kappa shape index (κ2) is 253. The molecular weight excluding hydrogens is 440 g/mol. The minimum Gasteiger partial charge on any atom is -0.358 e. The predicted molar refractivity (Wildman–Crippen MR) is 79.9 cm³/mol. The molecule has 0 aliphatic heterocycles. The van der Waals surface area contributed by atoms with Crippen LogP contribution in [0, 0.1) is 14.9 Å². The van der Waals surface area contributed by atoms with Gasteiger partial charge in [0.1, 0.15) is 0 Å². The molecule has 0 rings (SSSR count). The Morgan fingerprint density at radius 3 is 0.500 bits per heavy atom. The Bertz CT molecular complexity index is 29.3. The van der Waals surface area contributed by atoms with E-state index in [1.165, 1.54) is 0 Å². The normalized spacial score (nSPS) is 0.571. The van der Waals surface area contributed by atoms with Gasteiger partial charge in [0.25, 0.3) is 0 Å². The van der Waals surface area contributed by atoms with Gasteiger partial charge in [-0.05, 0) is 16.0 Å². The molecule has 0 aliphatic rings. The molecule has 0 aromatic carbocycles. The standard InChI is InChI=1S/2CH4.2CH3.2HPS.2H3P.4V/c;;;;2*1-2;;;;;;/h2*1H4;2*1H3;2*1H;2*1H3;;;;/q;;2*-1;;;;;;;;. The van der Waals surface area contributed by atoms with Gasteiger partial charge in [0.2, 0.25) is 0 Å². The van der Waals surface area contributed by atoms with Crippen molar-refractivity contribution >= 4 is 59.4 Å². The third kappa shape index (κ3) is 210. The Morgan fingerprint density at radius 2 is 0.500 bits per heavy atom. The summed E-state index contributed by atoms with van der Waals surface area (Å²) >= 11 is 7.78. The molecule has 10 heteroatoms. The molecule has 0 aliphatic carbocycles. The van der Waals surface area contributed by atoms with Crippen LogP contribution in [0.25, 0.3) is 0 Å². The molecule has 0 spiro atoms. The zero-order valence-electron chi connectivity index (χ0n) is 7.02. The van der Waals surface area contributed by atoms with Crippen molar-refractivity contribution in [1.29, 1.82) is 0 Å². The Hall–Kier alpha value is 4.24. The molecule has 0 heterocycles. The van der Waals surface area contributed by atoms with E-state index in [9.17, 15) is 0 Å². The Balaban J connectivity index is -0.000000000333. The van der Waals surface area contributed by atoms with E-state index in [-0.39, 0.29) is 124 Å². The summed E-state index contributed by atoms with van der Waals surface area (Å²) in [6.07, 6.45) is 0. The van der Waals surface area contributed by atoms with E-state index in [1.807, 2.05) is 0 Å². The summed E-state index contributed by atoms with van der Waals surface area (Å²) in [6, 6.07) is 0. The van der Waals surface area contributed by atoms with Gasteiger partial charge in [0, 0.05) is 74.2 Å². The summed E-state index contributed by atoms with van der Waals surface area (Å²) in [5, 5.41) is 0. The van der Waals surface area contributed by atoms with Crippen LogP contribution in [0.3, 0.4) is 0 Å². The van der Waals surface area contributed by atoms with Gasteiger partial charge in [-0.3, -0.25) is 0 Å². The molecule has 0 bridgehead atoms. The fourth-order valence-electron chi connectivity index (χ4n) is 0. The van der Waals surface area contributed by atoms with E-state index < -0.39 is 0 Å². The number of rotatable bonds is 0. The zero-order valence-corrected chi connectivity index (χ0v) is 19.1. The monoisotopic (exact) mass is 462 g/mol. The molecule has 4 radical (unpaired) electrons. The summed E-state index contributed by atoms with van der Waals surface area (Å²) in [5.74, 6) is 0. The zero-order chi connectivity index (χ0) is 4.00. The van der Waals surface area contributed by atoms with Crippen LogP contribution in [0.1, 0.15) is 14.9 Å². The Labute approximate surface area is 161 Å². The van der Waals surface area contributed by atoms with Crippen LogP contribution in [-0.2, 0) is 97.8 Å². The van der Waals surface area contributed by atoms with Crippen molar-refractivity contribution < 1.29 is 74.2 Å². The van der Waals surface area contributed by atoms with Gasteiger partial charge >= 0.3 is 0 Å². The molecule has 0 amide bonds. The average molecular weight is 462 g/mol. The van der Waals surface area contributed by atoms with Crippen LogP contribution in [0.2, 0.25) is 0 Å². The fraction of sp³-hybridized carbons (Fsp3) is 0.500. The number of hydrogen-bond donors (Lipinski definition) is 0. The van der Waals surface area contributed by atoms with E-state index in [0.717, 1.165) is 0 Å². The first kappa shape index (κ1) is 139. The molecule has 0 saturated carbocycles. The molecule has 14 heavy (non-hydrogen) atoms. The van der Waals surface area contributed by atoms with Crippen LogP contribution >= 0.6 is 35.8 Å². The van der Waals surface area contributed by atoms with Gasteiger partial charge in [-0.2, -0.15) is 19.8 Å². The molecule has 0 nitrogen and oxygen atoms in total. The fourth-order valence-corrected chi connectivity index (χ4v) is 0. The predicted octanol–water partition coefficient (Wildman–Crippen LogP) is 3.46. The van der Waals surface area contributed by atoms with Gasteiger partial charge in [-0.1, -0.05) is 38.5 Å². The quantitative estimate of drug-likeness (QED) is 0.400. The topological polar surface area (TPSA) is 0 Å². The van der Waals surface area contributed by atoms with Crippen LogP contribution < -0.4 is 0 Å². The Kier molecular flexibility index (Phi) is 2520. The first-order valence-corrected chi connectivity index (χ1v) is 3.67. The maximum Gasteiger partial charge on any atom is 0 e. The van der Waals surface area contributed by atoms with Crippen LogP contribution in [0.4, 0.5) is 0 Å². The van der Waals surface area contributed by atoms with E-state index in [0.29, 0.717) is 0 Å². The van der Waals surface area contributed by atoms with Crippen molar-refractivity contribution in [3.8, 4) is 0 Å². The first-order chi connectivity index (χ1) is 2.00. The third-order valence-corrected chi connectivity index (χ3v) is 0. The van der Waals surface area contributed by atoms with E-state index >= 15 is 0 Å². The van der Waals surface area contributed by atoms with Crippen LogP contribution in [0.15, 0.2) is 0 Å². The summed E-state index contributed by atoms with van der Waals surface area (Å²) < 4.78 is 0. The minimum atomic E-state index is 0.